The predicted molar refractivity (Wildman–Crippen MR) is 66.0 cm³/mol. The molecule has 1 aromatic rings. The van der Waals surface area contributed by atoms with Crippen molar-refractivity contribution in [3.8, 4) is 0 Å². The zero-order valence-electron chi connectivity index (χ0n) is 10.2. The number of hydrogen-bond acceptors (Lipinski definition) is 4. The molecule has 1 saturated heterocycles. The van der Waals surface area contributed by atoms with Crippen molar-refractivity contribution in [1.82, 2.24) is 4.98 Å². The minimum absolute atomic E-state index is 0.0340. The fourth-order valence-electron chi connectivity index (χ4n) is 2.05. The van der Waals surface area contributed by atoms with E-state index >= 15 is 0 Å². The summed E-state index contributed by atoms with van der Waals surface area (Å²) >= 11 is 0. The lowest BCUT2D eigenvalue weighted by Crippen LogP contribution is -2.53. The third kappa shape index (κ3) is 2.11. The molecule has 0 atom stereocenters. The number of anilines is 2. The van der Waals surface area contributed by atoms with Gasteiger partial charge >= 0.3 is 0 Å². The Labute approximate surface area is 96.6 Å². The van der Waals surface area contributed by atoms with Gasteiger partial charge in [-0.3, -0.25) is 4.98 Å². The molecule has 0 bridgehead atoms. The second-order valence-electron chi connectivity index (χ2n) is 4.70. The van der Waals surface area contributed by atoms with E-state index in [-0.39, 0.29) is 5.54 Å². The molecule has 0 aliphatic carbocycles. The molecule has 4 nitrogen and oxygen atoms in total. The van der Waals surface area contributed by atoms with Crippen LogP contribution in [0.2, 0.25) is 0 Å². The summed E-state index contributed by atoms with van der Waals surface area (Å²) in [5.74, 6) is 0. The summed E-state index contributed by atoms with van der Waals surface area (Å²) in [6.07, 6.45) is 3.74. The number of ether oxygens (including phenoxy) is 1. The summed E-state index contributed by atoms with van der Waals surface area (Å²) in [5.41, 5.74) is 2.23. The minimum atomic E-state index is 0.0340. The van der Waals surface area contributed by atoms with Crippen LogP contribution in [0.15, 0.2) is 18.5 Å². The summed E-state index contributed by atoms with van der Waals surface area (Å²) < 4.78 is 5.52. The summed E-state index contributed by atoms with van der Waals surface area (Å²) in [7, 11) is 1.91. The molecule has 1 aliphatic heterocycles. The molecule has 16 heavy (non-hydrogen) atoms. The van der Waals surface area contributed by atoms with E-state index in [9.17, 15) is 0 Å². The first-order valence-corrected chi connectivity index (χ1v) is 5.62. The molecule has 1 N–H and O–H groups in total. The van der Waals surface area contributed by atoms with E-state index in [4.69, 9.17) is 4.74 Å². The Hall–Kier alpha value is -1.29. The van der Waals surface area contributed by atoms with Crippen LogP contribution in [-0.2, 0) is 4.74 Å². The number of aromatic nitrogens is 1. The Morgan fingerprint density at radius 3 is 2.94 bits per heavy atom. The molecule has 0 unspecified atom stereocenters. The van der Waals surface area contributed by atoms with Gasteiger partial charge in [-0.25, -0.2) is 0 Å². The second-order valence-corrected chi connectivity index (χ2v) is 4.70. The van der Waals surface area contributed by atoms with Crippen molar-refractivity contribution in [2.45, 2.75) is 19.4 Å². The highest BCUT2D eigenvalue weighted by Crippen LogP contribution is 2.27. The average Bonchev–Trinajstić information content (AvgIpc) is 2.28. The highest BCUT2D eigenvalue weighted by atomic mass is 16.5. The fraction of sp³-hybridized carbons (Fsp3) is 0.583. The highest BCUT2D eigenvalue weighted by molar-refractivity contribution is 5.56. The SMILES string of the molecule is CNc1cncc(N2CCOCC2(C)C)c1. The molecular formula is C12H19N3O. The van der Waals surface area contributed by atoms with Gasteiger partial charge in [0.15, 0.2) is 0 Å². The normalized spacial score (nSPS) is 19.6. The van der Waals surface area contributed by atoms with E-state index in [1.165, 1.54) is 0 Å². The molecule has 0 spiro atoms. The molecule has 0 saturated carbocycles. The van der Waals surface area contributed by atoms with Crippen molar-refractivity contribution in [2.75, 3.05) is 37.0 Å². The van der Waals surface area contributed by atoms with Crippen LogP contribution < -0.4 is 10.2 Å². The van der Waals surface area contributed by atoms with Crippen molar-refractivity contribution < 1.29 is 4.74 Å². The van der Waals surface area contributed by atoms with Crippen LogP contribution in [0, 0.1) is 0 Å². The number of rotatable bonds is 2. The van der Waals surface area contributed by atoms with Crippen LogP contribution in [0.3, 0.4) is 0 Å². The lowest BCUT2D eigenvalue weighted by molar-refractivity contribution is 0.0644. The van der Waals surface area contributed by atoms with E-state index in [0.717, 1.165) is 31.1 Å². The molecule has 4 heteroatoms. The number of nitrogens with zero attached hydrogens (tertiary/aromatic N) is 2. The zero-order chi connectivity index (χ0) is 11.6. The average molecular weight is 221 g/mol. The van der Waals surface area contributed by atoms with Crippen molar-refractivity contribution in [3.05, 3.63) is 18.5 Å². The zero-order valence-corrected chi connectivity index (χ0v) is 10.2. The summed E-state index contributed by atoms with van der Waals surface area (Å²) in [4.78, 5) is 6.60. The van der Waals surface area contributed by atoms with Crippen LogP contribution in [0.4, 0.5) is 11.4 Å². The van der Waals surface area contributed by atoms with E-state index < -0.39 is 0 Å². The van der Waals surface area contributed by atoms with Gasteiger partial charge in [0, 0.05) is 13.6 Å². The van der Waals surface area contributed by atoms with E-state index in [1.807, 2.05) is 19.4 Å². The van der Waals surface area contributed by atoms with Gasteiger partial charge in [-0.1, -0.05) is 0 Å². The molecule has 1 fully saturated rings. The molecule has 0 radical (unpaired) electrons. The van der Waals surface area contributed by atoms with Crippen LogP contribution >= 0.6 is 0 Å². The number of hydrogen-bond donors (Lipinski definition) is 1. The fourth-order valence-corrected chi connectivity index (χ4v) is 2.05. The van der Waals surface area contributed by atoms with Gasteiger partial charge < -0.3 is 15.0 Å². The molecule has 2 heterocycles. The second kappa shape index (κ2) is 4.29. The van der Waals surface area contributed by atoms with Gasteiger partial charge in [0.05, 0.1) is 42.5 Å². The highest BCUT2D eigenvalue weighted by Gasteiger charge is 2.30. The number of morpholine rings is 1. The third-order valence-corrected chi connectivity index (χ3v) is 2.97. The van der Waals surface area contributed by atoms with E-state index in [1.54, 1.807) is 0 Å². The quantitative estimate of drug-likeness (QED) is 0.825. The topological polar surface area (TPSA) is 37.4 Å². The van der Waals surface area contributed by atoms with Crippen molar-refractivity contribution >= 4 is 11.4 Å². The third-order valence-electron chi connectivity index (χ3n) is 2.97. The summed E-state index contributed by atoms with van der Waals surface area (Å²) in [6.45, 7) is 6.85. The Morgan fingerprint density at radius 1 is 1.44 bits per heavy atom. The molecule has 88 valence electrons. The largest absolute Gasteiger partial charge is 0.387 e. The van der Waals surface area contributed by atoms with Crippen LogP contribution in [0.5, 0.6) is 0 Å². The van der Waals surface area contributed by atoms with Gasteiger partial charge in [-0.2, -0.15) is 0 Å². The summed E-state index contributed by atoms with van der Waals surface area (Å²) in [6, 6.07) is 2.13. The first-order valence-electron chi connectivity index (χ1n) is 5.62. The molecule has 0 amide bonds. The van der Waals surface area contributed by atoms with Crippen LogP contribution in [0.1, 0.15) is 13.8 Å². The van der Waals surface area contributed by atoms with Gasteiger partial charge in [0.1, 0.15) is 0 Å². The Bertz CT molecular complexity index is 365. The standard InChI is InChI=1S/C12H19N3O/c1-12(2)9-16-5-4-15(12)11-6-10(13-3)7-14-8-11/h6-8,13H,4-5,9H2,1-3H3. The first-order chi connectivity index (χ1) is 7.63. The molecule has 2 rings (SSSR count). The Kier molecular flexibility index (Phi) is 3.01. The van der Waals surface area contributed by atoms with Gasteiger partial charge in [-0.05, 0) is 19.9 Å². The molecule has 0 aromatic carbocycles. The maximum atomic E-state index is 5.52. The number of pyridine rings is 1. The predicted octanol–water partition coefficient (Wildman–Crippen LogP) is 1.74. The van der Waals surface area contributed by atoms with E-state index in [0.29, 0.717) is 0 Å². The smallest absolute Gasteiger partial charge is 0.0694 e. The monoisotopic (exact) mass is 221 g/mol. The lowest BCUT2D eigenvalue weighted by Gasteiger charge is -2.43. The van der Waals surface area contributed by atoms with Gasteiger partial charge in [0.2, 0.25) is 0 Å². The van der Waals surface area contributed by atoms with Gasteiger partial charge in [-0.15, -0.1) is 0 Å². The Balaban J connectivity index is 2.27. The first kappa shape index (κ1) is 11.2. The van der Waals surface area contributed by atoms with Crippen LogP contribution in [0.25, 0.3) is 0 Å². The minimum Gasteiger partial charge on any atom is -0.387 e. The Morgan fingerprint density at radius 2 is 2.25 bits per heavy atom. The van der Waals surface area contributed by atoms with Crippen molar-refractivity contribution in [3.63, 3.8) is 0 Å². The summed E-state index contributed by atoms with van der Waals surface area (Å²) in [5, 5.41) is 3.11. The molecule has 1 aliphatic rings. The van der Waals surface area contributed by atoms with E-state index in [2.05, 4.69) is 35.1 Å². The number of nitrogens with one attached hydrogen (secondary N) is 1. The maximum Gasteiger partial charge on any atom is 0.0694 e. The van der Waals surface area contributed by atoms with Crippen LogP contribution in [-0.4, -0.2) is 37.3 Å². The lowest BCUT2D eigenvalue weighted by atomic mass is 10.0. The van der Waals surface area contributed by atoms with Crippen molar-refractivity contribution in [2.24, 2.45) is 0 Å². The van der Waals surface area contributed by atoms with Crippen molar-refractivity contribution in [1.29, 1.82) is 0 Å². The maximum absolute atomic E-state index is 5.52. The molecular weight excluding hydrogens is 202 g/mol. The molecule has 1 aromatic heterocycles. The van der Waals surface area contributed by atoms with Gasteiger partial charge in [0.25, 0.3) is 0 Å².